The number of cyclic esters (lactones) is 1. The molecule has 2 amide bonds. The number of fused-ring (bicyclic) bond motifs is 2. The topological polar surface area (TPSA) is 110 Å². The van der Waals surface area contributed by atoms with Crippen LogP contribution >= 0.6 is 0 Å². The Morgan fingerprint density at radius 2 is 2.03 bits per heavy atom. The summed E-state index contributed by atoms with van der Waals surface area (Å²) in [5.74, 6) is -0.0526. The van der Waals surface area contributed by atoms with Gasteiger partial charge in [0.15, 0.2) is 5.60 Å². The minimum atomic E-state index is -1.03. The van der Waals surface area contributed by atoms with E-state index in [4.69, 9.17) is 14.6 Å². The molecule has 38 heavy (non-hydrogen) atoms. The van der Waals surface area contributed by atoms with Crippen LogP contribution in [-0.4, -0.2) is 58.0 Å². The molecule has 198 valence electrons. The van der Waals surface area contributed by atoms with Crippen LogP contribution in [0.25, 0.3) is 0 Å². The molecule has 3 aliphatic heterocycles. The van der Waals surface area contributed by atoms with Crippen LogP contribution in [-0.2, 0) is 39.4 Å². The highest BCUT2D eigenvalue weighted by molar-refractivity contribution is 6.07. The van der Waals surface area contributed by atoms with E-state index in [2.05, 4.69) is 17.2 Å². The Bertz CT molecular complexity index is 1360. The van der Waals surface area contributed by atoms with Gasteiger partial charge < -0.3 is 19.5 Å². The standard InChI is InChI=1S/C28H31N5O5/c1-19-15-23(9-11-31-18-21(10-13-34)29-30-31)38-28(19)24-7-2-3-8-25(24)33(26(28)35)17-20-5-4-6-22(16-20)32-12-14-37-27(32)36/h2-8,16,18-19,23,34H,9-15,17H2,1H3/t19-,23+,28+/m1/s1. The molecule has 2 saturated heterocycles. The Hall–Kier alpha value is -3.76. The third-order valence-corrected chi connectivity index (χ3v) is 7.78. The maximum atomic E-state index is 14.2. The van der Waals surface area contributed by atoms with Crippen molar-refractivity contribution in [2.75, 3.05) is 29.6 Å². The van der Waals surface area contributed by atoms with Crippen molar-refractivity contribution in [2.45, 2.75) is 51.0 Å². The number of para-hydroxylation sites is 1. The first-order chi connectivity index (χ1) is 18.5. The number of aryl methyl sites for hydroxylation is 1. The van der Waals surface area contributed by atoms with Gasteiger partial charge in [-0.05, 0) is 36.6 Å². The van der Waals surface area contributed by atoms with Crippen LogP contribution in [0.5, 0.6) is 0 Å². The fourth-order valence-electron chi connectivity index (χ4n) is 5.95. The number of carbonyl (C=O) groups is 2. The molecule has 0 radical (unpaired) electrons. The minimum Gasteiger partial charge on any atom is -0.447 e. The van der Waals surface area contributed by atoms with Gasteiger partial charge in [0.1, 0.15) is 6.61 Å². The zero-order valence-electron chi connectivity index (χ0n) is 21.3. The summed E-state index contributed by atoms with van der Waals surface area (Å²) in [6.45, 7) is 4.02. The number of ether oxygens (including phenoxy) is 2. The third kappa shape index (κ3) is 4.13. The summed E-state index contributed by atoms with van der Waals surface area (Å²) in [5.41, 5.74) is 3.19. The van der Waals surface area contributed by atoms with E-state index < -0.39 is 5.60 Å². The zero-order chi connectivity index (χ0) is 26.3. The molecule has 3 aliphatic rings. The number of carbonyl (C=O) groups excluding carboxylic acids is 2. The van der Waals surface area contributed by atoms with Crippen LogP contribution in [0.4, 0.5) is 16.2 Å². The van der Waals surface area contributed by atoms with Gasteiger partial charge in [-0.25, -0.2) is 4.79 Å². The summed E-state index contributed by atoms with van der Waals surface area (Å²) in [6.07, 6.45) is 3.34. The molecule has 1 N–H and O–H groups in total. The fraction of sp³-hybridized carbons (Fsp3) is 0.429. The summed E-state index contributed by atoms with van der Waals surface area (Å²) in [6, 6.07) is 15.6. The van der Waals surface area contributed by atoms with E-state index in [0.29, 0.717) is 39.1 Å². The van der Waals surface area contributed by atoms with Crippen molar-refractivity contribution in [1.29, 1.82) is 0 Å². The van der Waals surface area contributed by atoms with Gasteiger partial charge in [-0.2, -0.15) is 0 Å². The van der Waals surface area contributed by atoms with Gasteiger partial charge in [-0.3, -0.25) is 14.4 Å². The number of aromatic nitrogens is 3. The van der Waals surface area contributed by atoms with Gasteiger partial charge in [-0.1, -0.05) is 42.5 Å². The smallest absolute Gasteiger partial charge is 0.414 e. The van der Waals surface area contributed by atoms with Crippen molar-refractivity contribution in [3.05, 3.63) is 71.5 Å². The first-order valence-corrected chi connectivity index (χ1v) is 13.1. The Labute approximate surface area is 220 Å². The summed E-state index contributed by atoms with van der Waals surface area (Å²) in [7, 11) is 0. The Morgan fingerprint density at radius 1 is 1.16 bits per heavy atom. The van der Waals surface area contributed by atoms with E-state index in [1.807, 2.05) is 59.6 Å². The molecule has 0 aliphatic carbocycles. The molecule has 3 atom stereocenters. The number of anilines is 2. The SMILES string of the molecule is C[C@@H]1C[C@H](CCn2cc(CCO)nn2)O[C@@]12C(=O)N(Cc1cccc(N3CCOC3=O)c1)c1ccccc12. The molecule has 2 fully saturated rings. The van der Waals surface area contributed by atoms with Crippen molar-refractivity contribution in [3.8, 4) is 0 Å². The maximum Gasteiger partial charge on any atom is 0.414 e. The molecule has 4 heterocycles. The van der Waals surface area contributed by atoms with Crippen molar-refractivity contribution < 1.29 is 24.2 Å². The summed E-state index contributed by atoms with van der Waals surface area (Å²) in [5, 5.41) is 17.4. The Kier molecular flexibility index (Phi) is 6.37. The van der Waals surface area contributed by atoms with Crippen molar-refractivity contribution in [2.24, 2.45) is 5.92 Å². The molecular formula is C28H31N5O5. The third-order valence-electron chi connectivity index (χ3n) is 7.78. The van der Waals surface area contributed by atoms with Crippen LogP contribution in [0.15, 0.2) is 54.7 Å². The normalized spacial score (nSPS) is 24.5. The summed E-state index contributed by atoms with van der Waals surface area (Å²) in [4.78, 5) is 29.6. The molecule has 0 bridgehead atoms. The number of rotatable bonds is 8. The molecule has 3 aromatic rings. The monoisotopic (exact) mass is 517 g/mol. The Morgan fingerprint density at radius 3 is 2.84 bits per heavy atom. The van der Waals surface area contributed by atoms with Crippen LogP contribution in [0.3, 0.4) is 0 Å². The predicted octanol–water partition coefficient (Wildman–Crippen LogP) is 3.03. The minimum absolute atomic E-state index is 0.00227. The molecule has 0 unspecified atom stereocenters. The highest BCUT2D eigenvalue weighted by Gasteiger charge is 2.59. The van der Waals surface area contributed by atoms with Crippen LogP contribution in [0.1, 0.15) is 36.6 Å². The van der Waals surface area contributed by atoms with E-state index in [1.165, 1.54) is 0 Å². The largest absolute Gasteiger partial charge is 0.447 e. The molecule has 0 saturated carbocycles. The second kappa shape index (κ2) is 9.85. The van der Waals surface area contributed by atoms with Gasteiger partial charge in [0.25, 0.3) is 5.91 Å². The second-order valence-electron chi connectivity index (χ2n) is 10.2. The number of nitrogens with zero attached hydrogens (tertiary/aromatic N) is 5. The van der Waals surface area contributed by atoms with E-state index >= 15 is 0 Å². The average molecular weight is 518 g/mol. The van der Waals surface area contributed by atoms with E-state index in [1.54, 1.807) is 9.58 Å². The number of aliphatic hydroxyl groups is 1. The fourth-order valence-corrected chi connectivity index (χ4v) is 5.95. The number of hydrogen-bond acceptors (Lipinski definition) is 7. The van der Waals surface area contributed by atoms with Crippen molar-refractivity contribution in [1.82, 2.24) is 15.0 Å². The van der Waals surface area contributed by atoms with Crippen LogP contribution < -0.4 is 9.80 Å². The second-order valence-corrected chi connectivity index (χ2v) is 10.2. The lowest BCUT2D eigenvalue weighted by molar-refractivity contribution is -0.146. The summed E-state index contributed by atoms with van der Waals surface area (Å²) >= 11 is 0. The van der Waals surface area contributed by atoms with E-state index in [0.717, 1.165) is 34.6 Å². The lowest BCUT2D eigenvalue weighted by Crippen LogP contribution is -2.43. The molecule has 10 nitrogen and oxygen atoms in total. The number of hydrogen-bond donors (Lipinski definition) is 1. The van der Waals surface area contributed by atoms with Gasteiger partial charge in [0.05, 0.1) is 30.6 Å². The van der Waals surface area contributed by atoms with Crippen molar-refractivity contribution in [3.63, 3.8) is 0 Å². The van der Waals surface area contributed by atoms with Gasteiger partial charge >= 0.3 is 6.09 Å². The lowest BCUT2D eigenvalue weighted by Gasteiger charge is -2.28. The van der Waals surface area contributed by atoms with Gasteiger partial charge in [0.2, 0.25) is 0 Å². The lowest BCUT2D eigenvalue weighted by atomic mass is 9.83. The first kappa shape index (κ1) is 24.6. The van der Waals surface area contributed by atoms with E-state index in [9.17, 15) is 9.59 Å². The molecule has 6 rings (SSSR count). The van der Waals surface area contributed by atoms with Crippen LogP contribution in [0, 0.1) is 5.92 Å². The van der Waals surface area contributed by atoms with Gasteiger partial charge in [-0.15, -0.1) is 5.10 Å². The maximum absolute atomic E-state index is 14.2. The van der Waals surface area contributed by atoms with E-state index in [-0.39, 0.29) is 30.6 Å². The van der Waals surface area contributed by atoms with Crippen LogP contribution in [0.2, 0.25) is 0 Å². The molecular weight excluding hydrogens is 486 g/mol. The zero-order valence-corrected chi connectivity index (χ0v) is 21.3. The quantitative estimate of drug-likeness (QED) is 0.489. The van der Waals surface area contributed by atoms with Crippen molar-refractivity contribution >= 4 is 23.4 Å². The predicted molar refractivity (Wildman–Crippen MR) is 139 cm³/mol. The molecule has 10 heteroatoms. The first-order valence-electron chi connectivity index (χ1n) is 13.1. The number of amides is 2. The Balaban J connectivity index is 1.22. The highest BCUT2D eigenvalue weighted by Crippen LogP contribution is 2.53. The molecule has 1 spiro atoms. The average Bonchev–Trinajstić information content (AvgIpc) is 3.68. The molecule has 1 aromatic heterocycles. The highest BCUT2D eigenvalue weighted by atomic mass is 16.6. The number of benzene rings is 2. The summed E-state index contributed by atoms with van der Waals surface area (Å²) < 4.78 is 13.5. The van der Waals surface area contributed by atoms with Gasteiger partial charge in [0, 0.05) is 42.9 Å². The number of aliphatic hydroxyl groups excluding tert-OH is 1. The molecule has 2 aromatic carbocycles.